The van der Waals surface area contributed by atoms with Gasteiger partial charge in [0.15, 0.2) is 0 Å². The van der Waals surface area contributed by atoms with Crippen molar-refractivity contribution in [3.8, 4) is 0 Å². The van der Waals surface area contributed by atoms with E-state index in [1.807, 2.05) is 0 Å². The number of aryl methyl sites for hydroxylation is 1. The second kappa shape index (κ2) is 7.96. The van der Waals surface area contributed by atoms with Crippen LogP contribution in [0.15, 0.2) is 41.6 Å². The molecule has 4 nitrogen and oxygen atoms in total. The van der Waals surface area contributed by atoms with E-state index >= 15 is 0 Å². The number of benzene rings is 1. The van der Waals surface area contributed by atoms with E-state index in [1.165, 1.54) is 12.0 Å². The van der Waals surface area contributed by atoms with Crippen LogP contribution in [0.3, 0.4) is 0 Å². The number of nitrogens with zero attached hydrogens (tertiary/aromatic N) is 2. The quantitative estimate of drug-likeness (QED) is 0.574. The first-order chi connectivity index (χ1) is 9.34. The van der Waals surface area contributed by atoms with Crippen LogP contribution >= 0.6 is 11.8 Å². The first kappa shape index (κ1) is 14.1. The highest BCUT2D eigenvalue weighted by Crippen LogP contribution is 2.11. The second-order valence-corrected chi connectivity index (χ2v) is 5.65. The Balaban J connectivity index is 1.56. The summed E-state index contributed by atoms with van der Waals surface area (Å²) in [6, 6.07) is 11.2. The van der Waals surface area contributed by atoms with Crippen molar-refractivity contribution in [2.45, 2.75) is 30.8 Å². The molecule has 0 saturated carbocycles. The molecule has 0 bridgehead atoms. The van der Waals surface area contributed by atoms with E-state index in [0.717, 1.165) is 23.7 Å². The molecule has 0 amide bonds. The monoisotopic (exact) mass is 276 g/mol. The van der Waals surface area contributed by atoms with Crippen molar-refractivity contribution >= 4 is 11.8 Å². The topological polar surface area (TPSA) is 53.6 Å². The van der Waals surface area contributed by atoms with Gasteiger partial charge in [-0.2, -0.15) is 10.3 Å². The second-order valence-electron chi connectivity index (χ2n) is 4.54. The van der Waals surface area contributed by atoms with E-state index in [0.29, 0.717) is 6.04 Å². The predicted octanol–water partition coefficient (Wildman–Crippen LogP) is 2.51. The zero-order valence-corrected chi connectivity index (χ0v) is 12.0. The molecular formula is C14H20N4S. The van der Waals surface area contributed by atoms with Gasteiger partial charge in [0.2, 0.25) is 0 Å². The minimum Gasteiger partial charge on any atom is -0.313 e. The fraction of sp³-hybridized carbons (Fsp3) is 0.429. The molecule has 0 aliphatic heterocycles. The molecule has 0 spiro atoms. The number of nitrogens with one attached hydrogen (secondary N) is 2. The van der Waals surface area contributed by atoms with Gasteiger partial charge in [0.25, 0.3) is 0 Å². The maximum atomic E-state index is 4.01. The number of rotatable bonds is 8. The van der Waals surface area contributed by atoms with Crippen LogP contribution in [0.1, 0.15) is 18.9 Å². The van der Waals surface area contributed by atoms with Gasteiger partial charge in [-0.1, -0.05) is 30.3 Å². The number of aromatic amines is 1. The lowest BCUT2D eigenvalue weighted by Gasteiger charge is -2.13. The summed E-state index contributed by atoms with van der Waals surface area (Å²) in [5.41, 5.74) is 1.41. The molecule has 102 valence electrons. The summed E-state index contributed by atoms with van der Waals surface area (Å²) in [4.78, 5) is 0. The largest absolute Gasteiger partial charge is 0.313 e. The van der Waals surface area contributed by atoms with Gasteiger partial charge in [0.05, 0.1) is 6.20 Å². The van der Waals surface area contributed by atoms with Crippen LogP contribution in [0.25, 0.3) is 0 Å². The molecule has 2 N–H and O–H groups in total. The van der Waals surface area contributed by atoms with Crippen LogP contribution in [-0.4, -0.2) is 33.8 Å². The smallest absolute Gasteiger partial charge is 0.138 e. The normalized spacial score (nSPS) is 12.5. The molecule has 0 saturated heterocycles. The molecule has 1 aromatic heterocycles. The van der Waals surface area contributed by atoms with Crippen molar-refractivity contribution in [1.29, 1.82) is 0 Å². The van der Waals surface area contributed by atoms with Crippen LogP contribution in [-0.2, 0) is 6.42 Å². The molecule has 0 fully saturated rings. The third-order valence-corrected chi connectivity index (χ3v) is 3.85. The Morgan fingerprint density at radius 2 is 2.16 bits per heavy atom. The van der Waals surface area contributed by atoms with Crippen LogP contribution in [0.5, 0.6) is 0 Å². The summed E-state index contributed by atoms with van der Waals surface area (Å²) < 4.78 is 0. The molecule has 1 atom stereocenters. The van der Waals surface area contributed by atoms with Gasteiger partial charge in [-0.3, -0.25) is 0 Å². The fourth-order valence-electron chi connectivity index (χ4n) is 1.85. The molecule has 0 aliphatic carbocycles. The third kappa shape index (κ3) is 5.44. The van der Waals surface area contributed by atoms with E-state index < -0.39 is 0 Å². The summed E-state index contributed by atoms with van der Waals surface area (Å²) in [5, 5.41) is 14.9. The Morgan fingerprint density at radius 1 is 1.32 bits per heavy atom. The van der Waals surface area contributed by atoms with Crippen molar-refractivity contribution in [2.24, 2.45) is 0 Å². The average Bonchev–Trinajstić information content (AvgIpc) is 2.96. The van der Waals surface area contributed by atoms with Gasteiger partial charge in [0, 0.05) is 18.3 Å². The molecule has 1 heterocycles. The highest BCUT2D eigenvalue weighted by atomic mass is 32.2. The number of hydrogen-bond donors (Lipinski definition) is 2. The molecular weight excluding hydrogens is 256 g/mol. The Labute approximate surface area is 118 Å². The Kier molecular flexibility index (Phi) is 5.91. The summed E-state index contributed by atoms with van der Waals surface area (Å²) in [6.45, 7) is 3.23. The maximum Gasteiger partial charge on any atom is 0.138 e. The predicted molar refractivity (Wildman–Crippen MR) is 79.3 cm³/mol. The number of hydrogen-bond acceptors (Lipinski definition) is 4. The third-order valence-electron chi connectivity index (χ3n) is 2.95. The molecule has 19 heavy (non-hydrogen) atoms. The average molecular weight is 276 g/mol. The van der Waals surface area contributed by atoms with Crippen molar-refractivity contribution in [1.82, 2.24) is 20.7 Å². The van der Waals surface area contributed by atoms with E-state index in [-0.39, 0.29) is 0 Å². The Morgan fingerprint density at radius 3 is 2.89 bits per heavy atom. The number of H-pyrrole nitrogens is 1. The zero-order chi connectivity index (χ0) is 13.3. The lowest BCUT2D eigenvalue weighted by Crippen LogP contribution is -2.28. The molecule has 2 rings (SSSR count). The first-order valence-electron chi connectivity index (χ1n) is 6.60. The molecule has 0 aliphatic rings. The van der Waals surface area contributed by atoms with Gasteiger partial charge < -0.3 is 5.32 Å². The van der Waals surface area contributed by atoms with Gasteiger partial charge in [-0.05, 0) is 25.3 Å². The Bertz CT molecular complexity index is 444. The van der Waals surface area contributed by atoms with Crippen LogP contribution in [0.2, 0.25) is 0 Å². The highest BCUT2D eigenvalue weighted by molar-refractivity contribution is 7.99. The Hall–Kier alpha value is -1.33. The van der Waals surface area contributed by atoms with Crippen molar-refractivity contribution in [3.63, 3.8) is 0 Å². The molecule has 0 radical (unpaired) electrons. The fourth-order valence-corrected chi connectivity index (χ4v) is 2.51. The van der Waals surface area contributed by atoms with E-state index in [1.54, 1.807) is 18.0 Å². The van der Waals surface area contributed by atoms with Crippen LogP contribution < -0.4 is 5.32 Å². The summed E-state index contributed by atoms with van der Waals surface area (Å²) in [5.74, 6) is 1.02. The van der Waals surface area contributed by atoms with E-state index in [4.69, 9.17) is 0 Å². The number of aromatic nitrogens is 3. The molecule has 5 heteroatoms. The minimum atomic E-state index is 0.540. The summed E-state index contributed by atoms with van der Waals surface area (Å²) >= 11 is 1.72. The lowest BCUT2D eigenvalue weighted by molar-refractivity contribution is 0.532. The van der Waals surface area contributed by atoms with Gasteiger partial charge >= 0.3 is 0 Å². The van der Waals surface area contributed by atoms with Gasteiger partial charge in [-0.15, -0.1) is 16.9 Å². The SMILES string of the molecule is C[C@@H](CCc1ccccc1)NCCSc1cn[nH]n1. The van der Waals surface area contributed by atoms with E-state index in [9.17, 15) is 0 Å². The van der Waals surface area contributed by atoms with Crippen molar-refractivity contribution in [2.75, 3.05) is 12.3 Å². The van der Waals surface area contributed by atoms with Crippen molar-refractivity contribution < 1.29 is 0 Å². The van der Waals surface area contributed by atoms with Crippen LogP contribution in [0, 0.1) is 0 Å². The molecule has 1 aromatic carbocycles. The van der Waals surface area contributed by atoms with Gasteiger partial charge in [-0.25, -0.2) is 0 Å². The molecule has 0 unspecified atom stereocenters. The summed E-state index contributed by atoms with van der Waals surface area (Å²) in [6.07, 6.45) is 4.05. The number of thioether (sulfide) groups is 1. The van der Waals surface area contributed by atoms with E-state index in [2.05, 4.69) is 58.0 Å². The van der Waals surface area contributed by atoms with Crippen molar-refractivity contribution in [3.05, 3.63) is 42.1 Å². The zero-order valence-electron chi connectivity index (χ0n) is 11.2. The summed E-state index contributed by atoms with van der Waals surface area (Å²) in [7, 11) is 0. The van der Waals surface area contributed by atoms with Gasteiger partial charge in [0.1, 0.15) is 5.03 Å². The standard InChI is InChI=1S/C14H20N4S/c1-12(7-8-13-5-3-2-4-6-13)15-9-10-19-14-11-16-18-17-14/h2-6,11-12,15H,7-10H2,1H3,(H,16,17,18)/t12-/m0/s1. The lowest BCUT2D eigenvalue weighted by atomic mass is 10.1. The van der Waals surface area contributed by atoms with Crippen LogP contribution in [0.4, 0.5) is 0 Å². The molecule has 2 aromatic rings. The highest BCUT2D eigenvalue weighted by Gasteiger charge is 2.02. The minimum absolute atomic E-state index is 0.540. The maximum absolute atomic E-state index is 4.01. The first-order valence-corrected chi connectivity index (χ1v) is 7.59.